The van der Waals surface area contributed by atoms with Crippen molar-refractivity contribution in [1.29, 1.82) is 0 Å². The van der Waals surface area contributed by atoms with E-state index in [-0.39, 0.29) is 17.9 Å². The van der Waals surface area contributed by atoms with Crippen molar-refractivity contribution in [3.05, 3.63) is 29.6 Å². The van der Waals surface area contributed by atoms with E-state index in [4.69, 9.17) is 0 Å². The molecule has 0 aromatic carbocycles. The Balaban J connectivity index is 1.72. The van der Waals surface area contributed by atoms with E-state index < -0.39 is 11.9 Å². The number of nitrogens with zero attached hydrogens (tertiary/aromatic N) is 1. The quantitative estimate of drug-likeness (QED) is 0.895. The van der Waals surface area contributed by atoms with Gasteiger partial charge in [-0.05, 0) is 48.6 Å². The maximum Gasteiger partial charge on any atom is 0.308 e. The highest BCUT2D eigenvalue weighted by Gasteiger charge is 2.51. The van der Waals surface area contributed by atoms with Crippen molar-refractivity contribution >= 4 is 11.9 Å². The topological polar surface area (TPSA) is 79.3 Å². The van der Waals surface area contributed by atoms with Crippen LogP contribution in [0.15, 0.2) is 18.3 Å². The van der Waals surface area contributed by atoms with Gasteiger partial charge in [0.15, 0.2) is 0 Å². The van der Waals surface area contributed by atoms with Crippen LogP contribution in [-0.2, 0) is 4.79 Å². The number of carboxylic acid groups (broad SMARTS) is 1. The summed E-state index contributed by atoms with van der Waals surface area (Å²) in [6, 6.07) is 3.37. The third-order valence-corrected chi connectivity index (χ3v) is 5.18. The van der Waals surface area contributed by atoms with Gasteiger partial charge in [0.2, 0.25) is 0 Å². The standard InChI is InChI=1S/C17H22N2O3/c1-9(2)12-5-6-13(18-8-12)16(20)19-15-11-4-3-10(7-11)14(15)17(21)22/h5-6,8-11,14-15H,3-4,7H2,1-2H3,(H,19,20)(H,21,22)/t10-,11+,14+,15-/m0/s1. The summed E-state index contributed by atoms with van der Waals surface area (Å²) in [5.74, 6) is -0.627. The second-order valence-corrected chi connectivity index (χ2v) is 6.83. The second kappa shape index (κ2) is 5.71. The van der Waals surface area contributed by atoms with Crippen LogP contribution in [0, 0.1) is 17.8 Å². The highest BCUT2D eigenvalue weighted by molar-refractivity contribution is 5.93. The fraction of sp³-hybridized carbons (Fsp3) is 0.588. The van der Waals surface area contributed by atoms with E-state index in [1.54, 1.807) is 12.3 Å². The molecule has 2 fully saturated rings. The van der Waals surface area contributed by atoms with Gasteiger partial charge >= 0.3 is 5.97 Å². The Morgan fingerprint density at radius 3 is 2.59 bits per heavy atom. The molecule has 0 spiro atoms. The van der Waals surface area contributed by atoms with Crippen LogP contribution < -0.4 is 5.32 Å². The minimum atomic E-state index is -0.791. The number of carbonyl (C=O) groups is 2. The number of fused-ring (bicyclic) bond motifs is 2. The van der Waals surface area contributed by atoms with E-state index >= 15 is 0 Å². The molecule has 2 aliphatic carbocycles. The molecular weight excluding hydrogens is 280 g/mol. The Labute approximate surface area is 130 Å². The normalized spacial score (nSPS) is 29.8. The molecule has 2 saturated carbocycles. The Morgan fingerprint density at radius 1 is 1.27 bits per heavy atom. The summed E-state index contributed by atoms with van der Waals surface area (Å²) in [4.78, 5) is 28.0. The Bertz CT molecular complexity index is 582. The number of aromatic nitrogens is 1. The fourth-order valence-electron chi connectivity index (χ4n) is 3.96. The lowest BCUT2D eigenvalue weighted by molar-refractivity contribution is -0.144. The van der Waals surface area contributed by atoms with E-state index in [0.29, 0.717) is 17.5 Å². The number of hydrogen-bond donors (Lipinski definition) is 2. The number of rotatable bonds is 4. The molecule has 1 amide bonds. The first-order chi connectivity index (χ1) is 10.5. The first-order valence-corrected chi connectivity index (χ1v) is 7.97. The summed E-state index contributed by atoms with van der Waals surface area (Å²) >= 11 is 0. The first kappa shape index (κ1) is 15.0. The lowest BCUT2D eigenvalue weighted by Crippen LogP contribution is -2.47. The van der Waals surface area contributed by atoms with E-state index in [9.17, 15) is 14.7 Å². The third-order valence-electron chi connectivity index (χ3n) is 5.18. The number of aliphatic carboxylic acids is 1. The van der Waals surface area contributed by atoms with Crippen molar-refractivity contribution < 1.29 is 14.7 Å². The van der Waals surface area contributed by atoms with E-state index in [0.717, 1.165) is 24.8 Å². The van der Waals surface area contributed by atoms with Gasteiger partial charge in [-0.15, -0.1) is 0 Å². The molecule has 1 heterocycles. The molecule has 0 saturated heterocycles. The Morgan fingerprint density at radius 2 is 2.00 bits per heavy atom. The fourth-order valence-corrected chi connectivity index (χ4v) is 3.96. The molecule has 3 rings (SSSR count). The third kappa shape index (κ3) is 2.60. The van der Waals surface area contributed by atoms with Gasteiger partial charge in [-0.2, -0.15) is 0 Å². The molecular formula is C17H22N2O3. The number of carboxylic acids is 1. The van der Waals surface area contributed by atoms with Gasteiger partial charge in [0.25, 0.3) is 5.91 Å². The van der Waals surface area contributed by atoms with Crippen LogP contribution in [0.4, 0.5) is 0 Å². The monoisotopic (exact) mass is 302 g/mol. The smallest absolute Gasteiger partial charge is 0.308 e. The molecule has 2 bridgehead atoms. The maximum absolute atomic E-state index is 12.4. The van der Waals surface area contributed by atoms with Gasteiger partial charge < -0.3 is 10.4 Å². The molecule has 5 nitrogen and oxygen atoms in total. The van der Waals surface area contributed by atoms with Crippen LogP contribution in [0.25, 0.3) is 0 Å². The Hall–Kier alpha value is -1.91. The molecule has 118 valence electrons. The average molecular weight is 302 g/mol. The highest BCUT2D eigenvalue weighted by atomic mass is 16.4. The van der Waals surface area contributed by atoms with E-state index in [1.807, 2.05) is 6.07 Å². The summed E-state index contributed by atoms with van der Waals surface area (Å²) in [7, 11) is 0. The zero-order valence-corrected chi connectivity index (χ0v) is 13.0. The zero-order chi connectivity index (χ0) is 15.9. The summed E-state index contributed by atoms with van der Waals surface area (Å²) in [5.41, 5.74) is 1.44. The molecule has 22 heavy (non-hydrogen) atoms. The molecule has 4 atom stereocenters. The first-order valence-electron chi connectivity index (χ1n) is 7.97. The lowest BCUT2D eigenvalue weighted by Gasteiger charge is -2.28. The number of pyridine rings is 1. The van der Waals surface area contributed by atoms with Gasteiger partial charge in [-0.25, -0.2) is 0 Å². The van der Waals surface area contributed by atoms with Gasteiger partial charge in [-0.3, -0.25) is 14.6 Å². The van der Waals surface area contributed by atoms with Crippen molar-refractivity contribution in [1.82, 2.24) is 10.3 Å². The zero-order valence-electron chi connectivity index (χ0n) is 13.0. The molecule has 1 aromatic rings. The molecule has 2 N–H and O–H groups in total. The summed E-state index contributed by atoms with van der Waals surface area (Å²) in [6.45, 7) is 4.15. The van der Waals surface area contributed by atoms with E-state index in [1.165, 1.54) is 0 Å². The molecule has 5 heteroatoms. The molecule has 0 aliphatic heterocycles. The van der Waals surface area contributed by atoms with Crippen LogP contribution in [0.2, 0.25) is 0 Å². The Kier molecular flexibility index (Phi) is 3.89. The van der Waals surface area contributed by atoms with Crippen LogP contribution in [0.1, 0.15) is 55.1 Å². The summed E-state index contributed by atoms with van der Waals surface area (Å²) in [5, 5.41) is 12.3. The van der Waals surface area contributed by atoms with Gasteiger partial charge in [0.05, 0.1) is 5.92 Å². The molecule has 0 radical (unpaired) electrons. The number of amides is 1. The van der Waals surface area contributed by atoms with Crippen LogP contribution in [0.3, 0.4) is 0 Å². The minimum Gasteiger partial charge on any atom is -0.481 e. The van der Waals surface area contributed by atoms with Crippen molar-refractivity contribution in [2.75, 3.05) is 0 Å². The largest absolute Gasteiger partial charge is 0.481 e. The lowest BCUT2D eigenvalue weighted by atomic mass is 9.84. The maximum atomic E-state index is 12.4. The number of carbonyl (C=O) groups excluding carboxylic acids is 1. The molecule has 0 unspecified atom stereocenters. The van der Waals surface area contributed by atoms with Gasteiger partial charge in [0.1, 0.15) is 5.69 Å². The van der Waals surface area contributed by atoms with Crippen molar-refractivity contribution in [3.8, 4) is 0 Å². The van der Waals surface area contributed by atoms with Crippen molar-refractivity contribution in [2.45, 2.75) is 45.1 Å². The van der Waals surface area contributed by atoms with Crippen LogP contribution >= 0.6 is 0 Å². The van der Waals surface area contributed by atoms with Crippen LogP contribution in [0.5, 0.6) is 0 Å². The summed E-state index contributed by atoms with van der Waals surface area (Å²) in [6.07, 6.45) is 4.62. The highest BCUT2D eigenvalue weighted by Crippen LogP contribution is 2.48. The van der Waals surface area contributed by atoms with Crippen LogP contribution in [-0.4, -0.2) is 28.0 Å². The second-order valence-electron chi connectivity index (χ2n) is 6.83. The van der Waals surface area contributed by atoms with E-state index in [2.05, 4.69) is 24.1 Å². The van der Waals surface area contributed by atoms with Gasteiger partial charge in [-0.1, -0.05) is 19.9 Å². The molecule has 2 aliphatic rings. The van der Waals surface area contributed by atoms with Gasteiger partial charge in [0, 0.05) is 12.2 Å². The SMILES string of the molecule is CC(C)c1ccc(C(=O)N[C@H]2[C@@H]3CC[C@@H](C3)[C@H]2C(=O)O)nc1. The molecule has 1 aromatic heterocycles. The van der Waals surface area contributed by atoms with Crippen molar-refractivity contribution in [2.24, 2.45) is 17.8 Å². The van der Waals surface area contributed by atoms with Crippen molar-refractivity contribution in [3.63, 3.8) is 0 Å². The number of nitrogens with one attached hydrogen (secondary N) is 1. The number of hydrogen-bond acceptors (Lipinski definition) is 3. The average Bonchev–Trinajstić information content (AvgIpc) is 3.08. The minimum absolute atomic E-state index is 0.212. The summed E-state index contributed by atoms with van der Waals surface area (Å²) < 4.78 is 0. The predicted molar refractivity (Wildman–Crippen MR) is 81.5 cm³/mol. The predicted octanol–water partition coefficient (Wildman–Crippen LogP) is 2.43.